The molecule has 2 aromatic rings. The van der Waals surface area contributed by atoms with Crippen molar-refractivity contribution in [3.63, 3.8) is 0 Å². The van der Waals surface area contributed by atoms with Gasteiger partial charge in [-0.15, -0.1) is 0 Å². The molecule has 25 heavy (non-hydrogen) atoms. The summed E-state index contributed by atoms with van der Waals surface area (Å²) >= 11 is 1.29. The van der Waals surface area contributed by atoms with Crippen LogP contribution in [0.4, 0.5) is 5.69 Å². The van der Waals surface area contributed by atoms with Gasteiger partial charge in [0.25, 0.3) is 5.91 Å². The number of nitrogens with zero attached hydrogens (tertiary/aromatic N) is 1. The first kappa shape index (κ1) is 17.2. The van der Waals surface area contributed by atoms with Gasteiger partial charge in [0, 0.05) is 12.1 Å². The number of hydrogen-bond acceptors (Lipinski definition) is 4. The summed E-state index contributed by atoms with van der Waals surface area (Å²) in [4.78, 5) is 28.1. The van der Waals surface area contributed by atoms with E-state index in [0.29, 0.717) is 5.04 Å². The van der Waals surface area contributed by atoms with Crippen LogP contribution in [0.1, 0.15) is 12.0 Å². The number of para-hydroxylation sites is 1. The highest BCUT2D eigenvalue weighted by Gasteiger charge is 2.30. The fourth-order valence-electron chi connectivity index (χ4n) is 2.31. The Morgan fingerprint density at radius 3 is 2.60 bits per heavy atom. The Kier molecular flexibility index (Phi) is 5.50. The van der Waals surface area contributed by atoms with Gasteiger partial charge in [0.1, 0.15) is 22.7 Å². The van der Waals surface area contributed by atoms with Crippen molar-refractivity contribution in [3.05, 3.63) is 60.2 Å². The monoisotopic (exact) mass is 354 g/mol. The topological polar surface area (TPSA) is 67.8 Å². The normalized spacial score (nSPS) is 16.4. The third-order valence-electron chi connectivity index (χ3n) is 3.60. The minimum Gasteiger partial charge on any atom is -0.487 e. The Bertz CT molecular complexity index is 788. The molecule has 1 heterocycles. The largest absolute Gasteiger partial charge is 0.487 e. The molecule has 1 N–H and O–H groups in total. The van der Waals surface area contributed by atoms with Crippen LogP contribution in [-0.2, 0) is 9.59 Å². The van der Waals surface area contributed by atoms with Gasteiger partial charge in [-0.05, 0) is 31.2 Å². The summed E-state index contributed by atoms with van der Waals surface area (Å²) in [5.74, 6) is 0.240. The third-order valence-corrected chi connectivity index (χ3v) is 4.73. The molecule has 0 aromatic heterocycles. The smallest absolute Gasteiger partial charge is 0.260 e. The number of carbonyl (C=O) groups is 2. The fourth-order valence-corrected chi connectivity index (χ4v) is 3.30. The average Bonchev–Trinajstić information content (AvgIpc) is 2.96. The van der Waals surface area contributed by atoms with Gasteiger partial charge in [0.2, 0.25) is 5.91 Å². The molecule has 6 heteroatoms. The number of aryl methyl sites for hydroxylation is 1. The number of aliphatic imine (C=N–C) groups is 1. The van der Waals surface area contributed by atoms with E-state index >= 15 is 0 Å². The lowest BCUT2D eigenvalue weighted by Crippen LogP contribution is -2.21. The molecule has 128 valence electrons. The second kappa shape index (κ2) is 7.98. The molecule has 1 aliphatic rings. The number of hydrogen-bond donors (Lipinski definition) is 1. The maximum Gasteiger partial charge on any atom is 0.260 e. The summed E-state index contributed by atoms with van der Waals surface area (Å²) in [5, 5.41) is 2.92. The van der Waals surface area contributed by atoms with Crippen molar-refractivity contribution < 1.29 is 14.3 Å². The second-order valence-electron chi connectivity index (χ2n) is 5.67. The van der Waals surface area contributed by atoms with Gasteiger partial charge in [-0.25, -0.2) is 4.99 Å². The first-order valence-electron chi connectivity index (χ1n) is 7.92. The Hall–Kier alpha value is -2.60. The van der Waals surface area contributed by atoms with Crippen LogP contribution in [0.15, 0.2) is 59.6 Å². The number of rotatable bonds is 6. The van der Waals surface area contributed by atoms with Gasteiger partial charge in [-0.1, -0.05) is 47.7 Å². The Morgan fingerprint density at radius 1 is 1.16 bits per heavy atom. The van der Waals surface area contributed by atoms with Gasteiger partial charge in [0.15, 0.2) is 0 Å². The molecular weight excluding hydrogens is 336 g/mol. The Balaban J connectivity index is 1.48. The molecule has 0 fully saturated rings. The highest BCUT2D eigenvalue weighted by atomic mass is 32.2. The first-order valence-corrected chi connectivity index (χ1v) is 8.80. The average molecular weight is 354 g/mol. The molecule has 0 aliphatic carbocycles. The standard InChI is InChI=1S/C19H18N2O3S/c1-13-7-9-14(10-8-13)20-17(22)11-16-19(23)21-18(25-16)12-24-15-5-3-2-4-6-15/h2-10,16H,11-12H2,1H3,(H,20,22)/t16-/m1/s1. The lowest BCUT2D eigenvalue weighted by Gasteiger charge is -2.09. The quantitative estimate of drug-likeness (QED) is 0.863. The van der Waals surface area contributed by atoms with Gasteiger partial charge in [-0.3, -0.25) is 9.59 Å². The lowest BCUT2D eigenvalue weighted by molar-refractivity contribution is -0.121. The van der Waals surface area contributed by atoms with Crippen molar-refractivity contribution in [1.29, 1.82) is 0 Å². The van der Waals surface area contributed by atoms with Crippen LogP contribution < -0.4 is 10.1 Å². The van der Waals surface area contributed by atoms with Gasteiger partial charge in [-0.2, -0.15) is 0 Å². The molecule has 1 atom stereocenters. The van der Waals surface area contributed by atoms with Crippen LogP contribution in [-0.4, -0.2) is 28.7 Å². The molecular formula is C19H18N2O3S. The molecule has 1 aliphatic heterocycles. The minimum atomic E-state index is -0.486. The van der Waals surface area contributed by atoms with E-state index < -0.39 is 5.25 Å². The molecule has 0 unspecified atom stereocenters. The molecule has 2 aromatic carbocycles. The summed E-state index contributed by atoms with van der Waals surface area (Å²) in [6.45, 7) is 2.21. The van der Waals surface area contributed by atoms with E-state index in [1.54, 1.807) is 0 Å². The van der Waals surface area contributed by atoms with Crippen molar-refractivity contribution in [2.75, 3.05) is 11.9 Å². The summed E-state index contributed by atoms with van der Waals surface area (Å²) in [7, 11) is 0. The molecule has 5 nitrogen and oxygen atoms in total. The number of ether oxygens (including phenoxy) is 1. The van der Waals surface area contributed by atoms with Gasteiger partial charge < -0.3 is 10.1 Å². The number of thioether (sulfide) groups is 1. The zero-order valence-corrected chi connectivity index (χ0v) is 14.6. The van der Waals surface area contributed by atoms with Gasteiger partial charge in [0.05, 0.1) is 0 Å². The SMILES string of the molecule is Cc1ccc(NC(=O)C[C@H]2SC(COc3ccccc3)=NC2=O)cc1. The molecule has 2 amide bonds. The van der Waals surface area contributed by atoms with Crippen LogP contribution in [0.3, 0.4) is 0 Å². The van der Waals surface area contributed by atoms with Crippen LogP contribution >= 0.6 is 11.8 Å². The molecule has 0 spiro atoms. The summed E-state index contributed by atoms with van der Waals surface area (Å²) in [6, 6.07) is 16.9. The van der Waals surface area contributed by atoms with Crippen LogP contribution in [0.5, 0.6) is 5.75 Å². The molecule has 3 rings (SSSR count). The minimum absolute atomic E-state index is 0.0930. The van der Waals surface area contributed by atoms with E-state index in [0.717, 1.165) is 17.0 Å². The molecule has 0 bridgehead atoms. The summed E-state index contributed by atoms with van der Waals surface area (Å²) in [5.41, 5.74) is 1.84. The summed E-state index contributed by atoms with van der Waals surface area (Å²) < 4.78 is 5.59. The zero-order valence-electron chi connectivity index (χ0n) is 13.8. The second-order valence-corrected chi connectivity index (χ2v) is 6.95. The van der Waals surface area contributed by atoms with Crippen molar-refractivity contribution in [2.24, 2.45) is 4.99 Å². The van der Waals surface area contributed by atoms with E-state index in [1.165, 1.54) is 11.8 Å². The fraction of sp³-hybridized carbons (Fsp3) is 0.211. The van der Waals surface area contributed by atoms with E-state index in [1.807, 2.05) is 61.5 Å². The van der Waals surface area contributed by atoms with Crippen molar-refractivity contribution in [3.8, 4) is 5.75 Å². The molecule has 0 saturated heterocycles. The maximum absolute atomic E-state index is 12.1. The van der Waals surface area contributed by atoms with E-state index in [-0.39, 0.29) is 24.8 Å². The van der Waals surface area contributed by atoms with Crippen LogP contribution in [0.2, 0.25) is 0 Å². The number of benzene rings is 2. The van der Waals surface area contributed by atoms with E-state index in [2.05, 4.69) is 10.3 Å². The van der Waals surface area contributed by atoms with Crippen molar-refractivity contribution in [2.45, 2.75) is 18.6 Å². The van der Waals surface area contributed by atoms with Crippen molar-refractivity contribution in [1.82, 2.24) is 0 Å². The first-order chi connectivity index (χ1) is 12.1. The van der Waals surface area contributed by atoms with Crippen LogP contribution in [0.25, 0.3) is 0 Å². The lowest BCUT2D eigenvalue weighted by atomic mass is 10.2. The molecule has 0 radical (unpaired) electrons. The number of anilines is 1. The predicted octanol–water partition coefficient (Wildman–Crippen LogP) is 3.44. The van der Waals surface area contributed by atoms with Crippen LogP contribution in [0, 0.1) is 6.92 Å². The zero-order chi connectivity index (χ0) is 17.6. The molecule has 0 saturated carbocycles. The third kappa shape index (κ3) is 4.93. The highest BCUT2D eigenvalue weighted by molar-refractivity contribution is 8.15. The predicted molar refractivity (Wildman–Crippen MR) is 100 cm³/mol. The Labute approximate surface area is 150 Å². The summed E-state index contributed by atoms with van der Waals surface area (Å²) in [6.07, 6.45) is 0.0930. The number of amides is 2. The number of nitrogens with one attached hydrogen (secondary N) is 1. The Morgan fingerprint density at radius 2 is 1.88 bits per heavy atom. The highest BCUT2D eigenvalue weighted by Crippen LogP contribution is 2.26. The maximum atomic E-state index is 12.1. The van der Waals surface area contributed by atoms with E-state index in [9.17, 15) is 9.59 Å². The number of carbonyl (C=O) groups excluding carboxylic acids is 2. The van der Waals surface area contributed by atoms with E-state index in [4.69, 9.17) is 4.74 Å². The van der Waals surface area contributed by atoms with Crippen molar-refractivity contribution >= 4 is 34.3 Å². The van der Waals surface area contributed by atoms with Gasteiger partial charge >= 0.3 is 0 Å².